The van der Waals surface area contributed by atoms with E-state index in [-0.39, 0.29) is 5.91 Å². The van der Waals surface area contributed by atoms with Gasteiger partial charge in [-0.15, -0.1) is 5.10 Å². The average Bonchev–Trinajstić information content (AvgIpc) is 2.34. The molecule has 0 aliphatic rings. The quantitative estimate of drug-likeness (QED) is 0.668. The van der Waals surface area contributed by atoms with Gasteiger partial charge in [-0.3, -0.25) is 4.79 Å². The van der Waals surface area contributed by atoms with Crippen LogP contribution in [0.5, 0.6) is 0 Å². The van der Waals surface area contributed by atoms with Crippen LogP contribution in [-0.2, 0) is 9.53 Å². The van der Waals surface area contributed by atoms with E-state index in [9.17, 15) is 4.79 Å². The highest BCUT2D eigenvalue weighted by atomic mass is 16.5. The van der Waals surface area contributed by atoms with Gasteiger partial charge in [0, 0.05) is 26.6 Å². The van der Waals surface area contributed by atoms with Crippen LogP contribution < -0.4 is 10.6 Å². The molecule has 1 aromatic heterocycles. The van der Waals surface area contributed by atoms with E-state index in [1.165, 1.54) is 0 Å². The van der Waals surface area contributed by atoms with Gasteiger partial charge in [-0.05, 0) is 13.8 Å². The third-order valence-electron chi connectivity index (χ3n) is 2.36. The summed E-state index contributed by atoms with van der Waals surface area (Å²) in [4.78, 5) is 15.6. The molecule has 0 saturated carbocycles. The first kappa shape index (κ1) is 14.3. The van der Waals surface area contributed by atoms with Crippen LogP contribution in [0.2, 0.25) is 0 Å². The number of rotatable bonds is 7. The minimum Gasteiger partial charge on any atom is -0.383 e. The first-order chi connectivity index (χ1) is 8.63. The number of hydrogen-bond donors (Lipinski definition) is 2. The van der Waals surface area contributed by atoms with Crippen LogP contribution in [0.3, 0.4) is 0 Å². The zero-order chi connectivity index (χ0) is 13.4. The lowest BCUT2D eigenvalue weighted by molar-refractivity contribution is -0.121. The van der Waals surface area contributed by atoms with Gasteiger partial charge >= 0.3 is 0 Å². The van der Waals surface area contributed by atoms with Crippen LogP contribution >= 0.6 is 0 Å². The largest absolute Gasteiger partial charge is 0.383 e. The Labute approximate surface area is 106 Å². The number of methoxy groups -OCH3 is 1. The number of nitrogens with one attached hydrogen (secondary N) is 2. The number of anilines is 1. The highest BCUT2D eigenvalue weighted by Gasteiger charge is 2.03. The van der Waals surface area contributed by atoms with E-state index in [0.29, 0.717) is 32.1 Å². The molecular formula is C11H19N5O2. The van der Waals surface area contributed by atoms with Gasteiger partial charge in [0.1, 0.15) is 0 Å². The molecule has 0 bridgehead atoms. The van der Waals surface area contributed by atoms with Crippen molar-refractivity contribution in [1.82, 2.24) is 20.5 Å². The second-order valence-electron chi connectivity index (χ2n) is 3.83. The minimum atomic E-state index is -0.0312. The Morgan fingerprint density at radius 2 is 2.00 bits per heavy atom. The lowest BCUT2D eigenvalue weighted by Gasteiger charge is -2.06. The zero-order valence-corrected chi connectivity index (χ0v) is 11.0. The van der Waals surface area contributed by atoms with Crippen molar-refractivity contribution in [1.29, 1.82) is 0 Å². The smallest absolute Gasteiger partial charge is 0.242 e. The van der Waals surface area contributed by atoms with E-state index in [2.05, 4.69) is 25.8 Å². The van der Waals surface area contributed by atoms with Crippen molar-refractivity contribution < 1.29 is 9.53 Å². The number of nitrogens with zero attached hydrogens (tertiary/aromatic N) is 3. The summed E-state index contributed by atoms with van der Waals surface area (Å²) in [6, 6.07) is 0. The molecule has 0 radical (unpaired) electrons. The molecule has 7 heteroatoms. The minimum absolute atomic E-state index is 0.0312. The molecule has 0 aliphatic heterocycles. The summed E-state index contributed by atoms with van der Waals surface area (Å²) < 4.78 is 4.83. The van der Waals surface area contributed by atoms with E-state index in [4.69, 9.17) is 4.74 Å². The van der Waals surface area contributed by atoms with Crippen LogP contribution in [0, 0.1) is 13.8 Å². The molecule has 100 valence electrons. The SMILES string of the molecule is COCCNC(=O)CCNc1nnc(C)c(C)n1. The molecule has 0 atom stereocenters. The number of carbonyl (C=O) groups is 1. The first-order valence-corrected chi connectivity index (χ1v) is 5.81. The van der Waals surface area contributed by atoms with Crippen LogP contribution in [0.15, 0.2) is 0 Å². The fourth-order valence-electron chi connectivity index (χ4n) is 1.20. The second kappa shape index (κ2) is 7.54. The third kappa shape index (κ3) is 5.05. The number of aromatic nitrogens is 3. The van der Waals surface area contributed by atoms with Gasteiger partial charge in [0.2, 0.25) is 11.9 Å². The molecular weight excluding hydrogens is 234 g/mol. The van der Waals surface area contributed by atoms with Crippen molar-refractivity contribution in [3.8, 4) is 0 Å². The Balaban J connectivity index is 2.24. The van der Waals surface area contributed by atoms with Gasteiger partial charge in [-0.2, -0.15) is 5.10 Å². The number of hydrogen-bond acceptors (Lipinski definition) is 6. The Kier molecular flexibility index (Phi) is 5.99. The Hall–Kier alpha value is -1.76. The van der Waals surface area contributed by atoms with Crippen LogP contribution in [0.4, 0.5) is 5.95 Å². The molecule has 1 rings (SSSR count). The van der Waals surface area contributed by atoms with Crippen molar-refractivity contribution in [3.63, 3.8) is 0 Å². The highest BCUT2D eigenvalue weighted by molar-refractivity contribution is 5.76. The van der Waals surface area contributed by atoms with Crippen LogP contribution in [0.1, 0.15) is 17.8 Å². The molecule has 0 fully saturated rings. The van der Waals surface area contributed by atoms with Crippen LogP contribution in [-0.4, -0.2) is 47.9 Å². The van der Waals surface area contributed by atoms with Crippen molar-refractivity contribution in [3.05, 3.63) is 11.4 Å². The summed E-state index contributed by atoms with van der Waals surface area (Å²) in [5.41, 5.74) is 1.63. The molecule has 0 unspecified atom stereocenters. The first-order valence-electron chi connectivity index (χ1n) is 5.81. The summed E-state index contributed by atoms with van der Waals surface area (Å²) in [6.07, 6.45) is 0.361. The van der Waals surface area contributed by atoms with Gasteiger partial charge in [0.15, 0.2) is 0 Å². The zero-order valence-electron chi connectivity index (χ0n) is 11.0. The summed E-state index contributed by atoms with van der Waals surface area (Å²) in [5, 5.41) is 13.5. The number of carbonyl (C=O) groups excluding carboxylic acids is 1. The maximum absolute atomic E-state index is 11.4. The summed E-state index contributed by atoms with van der Waals surface area (Å²) in [5.74, 6) is 0.416. The van der Waals surface area contributed by atoms with Crippen molar-refractivity contribution in [2.75, 3.05) is 32.1 Å². The van der Waals surface area contributed by atoms with E-state index >= 15 is 0 Å². The molecule has 0 spiro atoms. The van der Waals surface area contributed by atoms with Crippen molar-refractivity contribution in [2.24, 2.45) is 0 Å². The molecule has 7 nitrogen and oxygen atoms in total. The van der Waals surface area contributed by atoms with Gasteiger partial charge in [-0.25, -0.2) is 4.98 Å². The summed E-state index contributed by atoms with van der Waals surface area (Å²) >= 11 is 0. The second-order valence-corrected chi connectivity index (χ2v) is 3.83. The summed E-state index contributed by atoms with van der Waals surface area (Å²) in [6.45, 7) is 5.23. The van der Waals surface area contributed by atoms with Crippen molar-refractivity contribution in [2.45, 2.75) is 20.3 Å². The molecule has 0 aliphatic carbocycles. The highest BCUT2D eigenvalue weighted by Crippen LogP contribution is 2.01. The Morgan fingerprint density at radius 3 is 2.67 bits per heavy atom. The van der Waals surface area contributed by atoms with E-state index < -0.39 is 0 Å². The standard InChI is InChI=1S/C11H19N5O2/c1-8-9(2)15-16-11(14-8)13-5-4-10(17)12-6-7-18-3/h4-7H2,1-3H3,(H,12,17)(H,13,14,16). The van der Waals surface area contributed by atoms with Crippen LogP contribution in [0.25, 0.3) is 0 Å². The van der Waals surface area contributed by atoms with E-state index in [1.54, 1.807) is 7.11 Å². The fraction of sp³-hybridized carbons (Fsp3) is 0.636. The van der Waals surface area contributed by atoms with E-state index in [0.717, 1.165) is 11.4 Å². The lowest BCUT2D eigenvalue weighted by atomic mass is 10.4. The third-order valence-corrected chi connectivity index (χ3v) is 2.36. The molecule has 0 aromatic carbocycles. The van der Waals surface area contributed by atoms with Gasteiger partial charge < -0.3 is 15.4 Å². The number of aryl methyl sites for hydroxylation is 2. The van der Waals surface area contributed by atoms with Gasteiger partial charge in [-0.1, -0.05) is 0 Å². The number of ether oxygens (including phenoxy) is 1. The molecule has 2 N–H and O–H groups in total. The summed E-state index contributed by atoms with van der Waals surface area (Å²) in [7, 11) is 1.60. The normalized spacial score (nSPS) is 10.2. The molecule has 18 heavy (non-hydrogen) atoms. The topological polar surface area (TPSA) is 89.0 Å². The maximum atomic E-state index is 11.4. The molecule has 1 aromatic rings. The number of amides is 1. The molecule has 1 amide bonds. The fourth-order valence-corrected chi connectivity index (χ4v) is 1.20. The predicted molar refractivity (Wildman–Crippen MR) is 67.3 cm³/mol. The maximum Gasteiger partial charge on any atom is 0.242 e. The van der Waals surface area contributed by atoms with Gasteiger partial charge in [0.25, 0.3) is 0 Å². The lowest BCUT2D eigenvalue weighted by Crippen LogP contribution is -2.28. The predicted octanol–water partition coefficient (Wildman–Crippen LogP) is 0.0530. The Bertz CT molecular complexity index is 397. The van der Waals surface area contributed by atoms with Crippen molar-refractivity contribution >= 4 is 11.9 Å². The molecule has 0 saturated heterocycles. The van der Waals surface area contributed by atoms with Gasteiger partial charge in [0.05, 0.1) is 18.0 Å². The Morgan fingerprint density at radius 1 is 1.22 bits per heavy atom. The van der Waals surface area contributed by atoms with E-state index in [1.807, 2.05) is 13.8 Å². The monoisotopic (exact) mass is 253 g/mol. The molecule has 1 heterocycles. The average molecular weight is 253 g/mol.